The smallest absolute Gasteiger partial charge is 0.245 e. The van der Waals surface area contributed by atoms with Gasteiger partial charge in [0.1, 0.15) is 30.3 Å². The second-order valence-electron chi connectivity index (χ2n) is 8.81. The fourth-order valence-corrected chi connectivity index (χ4v) is 4.06. The van der Waals surface area contributed by atoms with Gasteiger partial charge in [-0.2, -0.15) is 0 Å². The largest absolute Gasteiger partial charge is 0.391 e. The van der Waals surface area contributed by atoms with Crippen LogP contribution in [0.5, 0.6) is 0 Å². The molecule has 6 atom stereocenters. The highest BCUT2D eigenvalue weighted by atomic mass is 16.6. The molecular weight excluding hydrogens is 420 g/mol. The summed E-state index contributed by atoms with van der Waals surface area (Å²) in [6.07, 6.45) is 1.60. The molecule has 3 aliphatic rings. The molecular formula is C21H32N4O7. The minimum absolute atomic E-state index is 0.0185. The van der Waals surface area contributed by atoms with Crippen molar-refractivity contribution in [3.63, 3.8) is 0 Å². The number of unbranched alkanes of at least 4 members (excludes halogenated alkanes) is 2. The molecule has 3 saturated heterocycles. The molecule has 3 unspecified atom stereocenters. The molecule has 0 aromatic heterocycles. The van der Waals surface area contributed by atoms with E-state index in [-0.39, 0.29) is 24.9 Å². The Morgan fingerprint density at radius 3 is 2.28 bits per heavy atom. The van der Waals surface area contributed by atoms with Crippen molar-refractivity contribution in [2.75, 3.05) is 13.2 Å². The van der Waals surface area contributed by atoms with E-state index in [1.165, 1.54) is 18.7 Å². The first kappa shape index (κ1) is 24.1. The molecule has 3 fully saturated rings. The summed E-state index contributed by atoms with van der Waals surface area (Å²) in [5.41, 5.74) is 0. The zero-order chi connectivity index (χ0) is 23.4. The monoisotopic (exact) mass is 452 g/mol. The fourth-order valence-electron chi connectivity index (χ4n) is 4.06. The standard InChI is InChI=1S/C21H32N4O7/c1-11-18(28)22-12(2)19(29)24-14(6-4-3-5-7-16(27)17-10-32-17)21(31)25-9-13(26)8-15(25)20(30)23-11/h11-15,17,26H,3-10H2,1-2H3,(H,22,28)(H,23,30)(H,24,29)/t11-,12?,13?,14-,15+,17?/m0/s1. The summed E-state index contributed by atoms with van der Waals surface area (Å²) in [4.78, 5) is 63.9. The van der Waals surface area contributed by atoms with Gasteiger partial charge in [0.15, 0.2) is 5.78 Å². The van der Waals surface area contributed by atoms with Crippen LogP contribution in [0.1, 0.15) is 52.4 Å². The van der Waals surface area contributed by atoms with Gasteiger partial charge in [-0.15, -0.1) is 0 Å². The quantitative estimate of drug-likeness (QED) is 0.267. The molecule has 178 valence electrons. The molecule has 3 aliphatic heterocycles. The van der Waals surface area contributed by atoms with Crippen molar-refractivity contribution in [2.45, 2.75) is 88.7 Å². The highest BCUT2D eigenvalue weighted by Gasteiger charge is 2.42. The Morgan fingerprint density at radius 2 is 1.62 bits per heavy atom. The highest BCUT2D eigenvalue weighted by Crippen LogP contribution is 2.22. The van der Waals surface area contributed by atoms with Crippen molar-refractivity contribution in [3.8, 4) is 0 Å². The molecule has 0 spiro atoms. The molecule has 3 heterocycles. The second kappa shape index (κ2) is 10.4. The van der Waals surface area contributed by atoms with Crippen molar-refractivity contribution >= 4 is 29.4 Å². The molecule has 0 radical (unpaired) electrons. The molecule has 32 heavy (non-hydrogen) atoms. The van der Waals surface area contributed by atoms with Gasteiger partial charge in [-0.3, -0.25) is 24.0 Å². The molecule has 4 amide bonds. The van der Waals surface area contributed by atoms with E-state index in [2.05, 4.69) is 16.0 Å². The lowest BCUT2D eigenvalue weighted by atomic mass is 10.0. The Labute approximate surface area is 186 Å². The second-order valence-corrected chi connectivity index (χ2v) is 8.81. The van der Waals surface area contributed by atoms with Crippen LogP contribution in [0.15, 0.2) is 0 Å². The van der Waals surface area contributed by atoms with Crippen molar-refractivity contribution in [1.29, 1.82) is 0 Å². The molecule has 0 aromatic carbocycles. The van der Waals surface area contributed by atoms with Gasteiger partial charge in [0.05, 0.1) is 12.7 Å². The molecule has 11 nitrogen and oxygen atoms in total. The number of nitrogens with zero attached hydrogens (tertiary/aromatic N) is 1. The van der Waals surface area contributed by atoms with Gasteiger partial charge in [0, 0.05) is 19.4 Å². The first-order valence-corrected chi connectivity index (χ1v) is 11.2. The van der Waals surface area contributed by atoms with E-state index in [1.54, 1.807) is 0 Å². The summed E-state index contributed by atoms with van der Waals surface area (Å²) >= 11 is 0. The zero-order valence-electron chi connectivity index (χ0n) is 18.5. The lowest BCUT2D eigenvalue weighted by molar-refractivity contribution is -0.143. The molecule has 4 N–H and O–H groups in total. The molecule has 11 heteroatoms. The zero-order valence-corrected chi connectivity index (χ0v) is 18.5. The Balaban J connectivity index is 1.68. The van der Waals surface area contributed by atoms with Crippen LogP contribution in [0.25, 0.3) is 0 Å². The van der Waals surface area contributed by atoms with E-state index in [0.29, 0.717) is 38.7 Å². The van der Waals surface area contributed by atoms with Crippen molar-refractivity contribution in [3.05, 3.63) is 0 Å². The molecule has 0 saturated carbocycles. The van der Waals surface area contributed by atoms with Crippen molar-refractivity contribution in [2.24, 2.45) is 0 Å². The van der Waals surface area contributed by atoms with Crippen molar-refractivity contribution in [1.82, 2.24) is 20.9 Å². The number of fused-ring (bicyclic) bond motifs is 1. The van der Waals surface area contributed by atoms with E-state index in [9.17, 15) is 29.1 Å². The third-order valence-electron chi connectivity index (χ3n) is 6.09. The number of rotatable bonds is 7. The lowest BCUT2D eigenvalue weighted by Gasteiger charge is -2.31. The summed E-state index contributed by atoms with van der Waals surface area (Å²) in [5.74, 6) is -1.90. The normalized spacial score (nSPS) is 33.4. The van der Waals surface area contributed by atoms with E-state index < -0.39 is 53.9 Å². The third kappa shape index (κ3) is 6.04. The molecule has 3 rings (SSSR count). The van der Waals surface area contributed by atoms with Crippen LogP contribution in [0, 0.1) is 0 Å². The average molecular weight is 453 g/mol. The Bertz CT molecular complexity index is 769. The SMILES string of the molecule is CC1NC(=O)[C@H](C)NC(=O)[C@H]2CC(O)CN2C(=O)[C@H](CCCCCC(=O)C2CO2)NC1=O. The van der Waals surface area contributed by atoms with Gasteiger partial charge < -0.3 is 30.7 Å². The van der Waals surface area contributed by atoms with Crippen LogP contribution < -0.4 is 16.0 Å². The van der Waals surface area contributed by atoms with E-state index in [4.69, 9.17) is 4.74 Å². The van der Waals surface area contributed by atoms with Crippen LogP contribution in [0.3, 0.4) is 0 Å². The topological polar surface area (TPSA) is 157 Å². The summed E-state index contributed by atoms with van der Waals surface area (Å²) in [5, 5.41) is 17.9. The first-order chi connectivity index (χ1) is 15.2. The molecule has 0 aliphatic carbocycles. The number of Topliss-reactive ketones (excluding diaryl/α,β-unsaturated/α-hetero) is 1. The number of hydrogen-bond donors (Lipinski definition) is 4. The van der Waals surface area contributed by atoms with Crippen LogP contribution in [0.4, 0.5) is 0 Å². The fraction of sp³-hybridized carbons (Fsp3) is 0.762. The minimum atomic E-state index is -0.917. The Hall–Kier alpha value is -2.53. The predicted molar refractivity (Wildman–Crippen MR) is 111 cm³/mol. The molecule has 0 aromatic rings. The summed E-state index contributed by atoms with van der Waals surface area (Å²) in [6.45, 7) is 3.47. The lowest BCUT2D eigenvalue weighted by Crippen LogP contribution is -2.60. The predicted octanol–water partition coefficient (Wildman–Crippen LogP) is -1.63. The summed E-state index contributed by atoms with van der Waals surface area (Å²) in [7, 11) is 0. The van der Waals surface area contributed by atoms with Gasteiger partial charge in [0.2, 0.25) is 23.6 Å². The maximum atomic E-state index is 13.3. The molecule has 0 bridgehead atoms. The maximum Gasteiger partial charge on any atom is 0.245 e. The highest BCUT2D eigenvalue weighted by molar-refractivity contribution is 5.97. The number of amides is 4. The van der Waals surface area contributed by atoms with Crippen LogP contribution in [-0.2, 0) is 28.7 Å². The van der Waals surface area contributed by atoms with E-state index >= 15 is 0 Å². The average Bonchev–Trinajstić information content (AvgIpc) is 3.52. The Morgan fingerprint density at radius 1 is 1.00 bits per heavy atom. The van der Waals surface area contributed by atoms with Gasteiger partial charge in [-0.1, -0.05) is 12.8 Å². The van der Waals surface area contributed by atoms with Crippen LogP contribution in [0.2, 0.25) is 0 Å². The number of aliphatic hydroxyl groups excluding tert-OH is 1. The van der Waals surface area contributed by atoms with Crippen LogP contribution in [-0.4, -0.2) is 88.9 Å². The number of ketones is 1. The summed E-state index contributed by atoms with van der Waals surface area (Å²) < 4.78 is 4.97. The minimum Gasteiger partial charge on any atom is -0.391 e. The van der Waals surface area contributed by atoms with E-state index in [1.807, 2.05) is 0 Å². The summed E-state index contributed by atoms with van der Waals surface area (Å²) in [6, 6.07) is -3.61. The number of carbonyl (C=O) groups excluding carboxylic acids is 5. The van der Waals surface area contributed by atoms with Crippen LogP contribution >= 0.6 is 0 Å². The number of nitrogens with one attached hydrogen (secondary N) is 3. The number of ether oxygens (including phenoxy) is 1. The van der Waals surface area contributed by atoms with Gasteiger partial charge >= 0.3 is 0 Å². The first-order valence-electron chi connectivity index (χ1n) is 11.2. The number of hydrogen-bond acceptors (Lipinski definition) is 7. The van der Waals surface area contributed by atoms with Crippen molar-refractivity contribution < 1.29 is 33.8 Å². The maximum absolute atomic E-state index is 13.3. The number of epoxide rings is 1. The third-order valence-corrected chi connectivity index (χ3v) is 6.09. The van der Waals surface area contributed by atoms with Gasteiger partial charge in [-0.05, 0) is 26.7 Å². The van der Waals surface area contributed by atoms with Gasteiger partial charge in [0.25, 0.3) is 0 Å². The van der Waals surface area contributed by atoms with Gasteiger partial charge in [-0.25, -0.2) is 0 Å². The Kier molecular flexibility index (Phi) is 7.83. The number of carbonyl (C=O) groups is 5. The van der Waals surface area contributed by atoms with E-state index in [0.717, 1.165) is 0 Å². The number of aliphatic hydroxyl groups is 1.